The third-order valence-electron chi connectivity index (χ3n) is 5.38. The van der Waals surface area contributed by atoms with Crippen LogP contribution in [0.3, 0.4) is 0 Å². The highest BCUT2D eigenvalue weighted by Crippen LogP contribution is 2.42. The standard InChI is InChI=1S/C18H32N2O3/c1-3-23-16(21)14-7-6-8-15(11-14)20-17(22)18(12-13(2)19)9-4-5-10-18/h13-15H,3-12,19H2,1-2H3,(H,20,22). The van der Waals surface area contributed by atoms with Crippen LogP contribution in [0.4, 0.5) is 0 Å². The van der Waals surface area contributed by atoms with Crippen molar-refractivity contribution >= 4 is 11.9 Å². The van der Waals surface area contributed by atoms with Crippen molar-refractivity contribution in [3.63, 3.8) is 0 Å². The van der Waals surface area contributed by atoms with E-state index in [1.54, 1.807) is 0 Å². The van der Waals surface area contributed by atoms with Crippen LogP contribution in [0.15, 0.2) is 0 Å². The van der Waals surface area contributed by atoms with Gasteiger partial charge in [0.2, 0.25) is 5.91 Å². The smallest absolute Gasteiger partial charge is 0.308 e. The monoisotopic (exact) mass is 324 g/mol. The average Bonchev–Trinajstić information content (AvgIpc) is 2.97. The molecule has 5 nitrogen and oxygen atoms in total. The molecule has 0 bridgehead atoms. The number of nitrogens with one attached hydrogen (secondary N) is 1. The van der Waals surface area contributed by atoms with Crippen LogP contribution >= 0.6 is 0 Å². The molecular weight excluding hydrogens is 292 g/mol. The minimum Gasteiger partial charge on any atom is -0.466 e. The lowest BCUT2D eigenvalue weighted by Gasteiger charge is -2.34. The summed E-state index contributed by atoms with van der Waals surface area (Å²) < 4.78 is 5.14. The van der Waals surface area contributed by atoms with Gasteiger partial charge in [0.1, 0.15) is 0 Å². The van der Waals surface area contributed by atoms with Gasteiger partial charge in [-0.05, 0) is 52.4 Å². The first-order chi connectivity index (χ1) is 11.0. The van der Waals surface area contributed by atoms with E-state index in [-0.39, 0.29) is 35.3 Å². The normalized spacial score (nSPS) is 28.1. The van der Waals surface area contributed by atoms with Gasteiger partial charge in [-0.15, -0.1) is 0 Å². The van der Waals surface area contributed by atoms with Gasteiger partial charge in [0, 0.05) is 12.1 Å². The molecular formula is C18H32N2O3. The molecule has 0 aliphatic heterocycles. The van der Waals surface area contributed by atoms with E-state index >= 15 is 0 Å². The number of esters is 1. The Labute approximate surface area is 139 Å². The maximum Gasteiger partial charge on any atom is 0.308 e. The van der Waals surface area contributed by atoms with Gasteiger partial charge in [0.25, 0.3) is 0 Å². The Morgan fingerprint density at radius 1 is 1.26 bits per heavy atom. The third-order valence-corrected chi connectivity index (χ3v) is 5.38. The first kappa shape index (κ1) is 18.2. The highest BCUT2D eigenvalue weighted by Gasteiger charge is 2.42. The summed E-state index contributed by atoms with van der Waals surface area (Å²) in [4.78, 5) is 24.8. The molecule has 3 unspecified atom stereocenters. The van der Waals surface area contributed by atoms with Gasteiger partial charge < -0.3 is 15.8 Å². The van der Waals surface area contributed by atoms with Crippen LogP contribution in [0, 0.1) is 11.3 Å². The van der Waals surface area contributed by atoms with Crippen molar-refractivity contribution in [2.45, 2.75) is 83.7 Å². The second-order valence-corrected chi connectivity index (χ2v) is 7.45. The van der Waals surface area contributed by atoms with Crippen molar-refractivity contribution in [3.05, 3.63) is 0 Å². The van der Waals surface area contributed by atoms with E-state index in [4.69, 9.17) is 10.5 Å². The molecule has 0 aromatic heterocycles. The summed E-state index contributed by atoms with van der Waals surface area (Å²) in [7, 11) is 0. The molecule has 0 heterocycles. The van der Waals surface area contributed by atoms with Gasteiger partial charge in [-0.1, -0.05) is 19.3 Å². The predicted molar refractivity (Wildman–Crippen MR) is 89.7 cm³/mol. The number of hydrogen-bond acceptors (Lipinski definition) is 4. The molecule has 1 amide bonds. The molecule has 5 heteroatoms. The zero-order valence-corrected chi connectivity index (χ0v) is 14.6. The lowest BCUT2D eigenvalue weighted by Crippen LogP contribution is -2.48. The molecule has 2 aliphatic rings. The van der Waals surface area contributed by atoms with Crippen molar-refractivity contribution in [2.75, 3.05) is 6.61 Å². The fraction of sp³-hybridized carbons (Fsp3) is 0.889. The largest absolute Gasteiger partial charge is 0.466 e. The second-order valence-electron chi connectivity index (χ2n) is 7.45. The van der Waals surface area contributed by atoms with Crippen LogP contribution in [-0.4, -0.2) is 30.6 Å². The molecule has 132 valence electrons. The summed E-state index contributed by atoms with van der Waals surface area (Å²) in [5.74, 6) is -0.0265. The zero-order valence-electron chi connectivity index (χ0n) is 14.6. The molecule has 0 saturated heterocycles. The van der Waals surface area contributed by atoms with Crippen LogP contribution in [-0.2, 0) is 14.3 Å². The number of nitrogens with two attached hydrogens (primary N) is 1. The summed E-state index contributed by atoms with van der Waals surface area (Å²) in [5.41, 5.74) is 5.70. The zero-order chi connectivity index (χ0) is 16.9. The Kier molecular flexibility index (Phi) is 6.45. The molecule has 0 spiro atoms. The highest BCUT2D eigenvalue weighted by molar-refractivity contribution is 5.83. The van der Waals surface area contributed by atoms with Gasteiger partial charge >= 0.3 is 5.97 Å². The van der Waals surface area contributed by atoms with E-state index in [0.29, 0.717) is 13.0 Å². The number of amides is 1. The van der Waals surface area contributed by atoms with E-state index in [9.17, 15) is 9.59 Å². The van der Waals surface area contributed by atoms with Crippen LogP contribution < -0.4 is 11.1 Å². The number of hydrogen-bond donors (Lipinski definition) is 2. The summed E-state index contributed by atoms with van der Waals surface area (Å²) >= 11 is 0. The average molecular weight is 324 g/mol. The molecule has 0 aromatic carbocycles. The lowest BCUT2D eigenvalue weighted by atomic mass is 9.78. The topological polar surface area (TPSA) is 81.4 Å². The highest BCUT2D eigenvalue weighted by atomic mass is 16.5. The van der Waals surface area contributed by atoms with Crippen molar-refractivity contribution in [2.24, 2.45) is 17.1 Å². The quantitative estimate of drug-likeness (QED) is 0.736. The molecule has 0 radical (unpaired) electrons. The van der Waals surface area contributed by atoms with Crippen LogP contribution in [0.2, 0.25) is 0 Å². The minimum atomic E-state index is -0.287. The van der Waals surface area contributed by atoms with E-state index in [1.807, 2.05) is 13.8 Å². The van der Waals surface area contributed by atoms with Crippen LogP contribution in [0.25, 0.3) is 0 Å². The molecule has 3 atom stereocenters. The van der Waals surface area contributed by atoms with Gasteiger partial charge in [0.05, 0.1) is 17.9 Å². The predicted octanol–water partition coefficient (Wildman–Crippen LogP) is 2.52. The number of carbonyl (C=O) groups excluding carboxylic acids is 2. The van der Waals surface area contributed by atoms with Crippen molar-refractivity contribution in [3.8, 4) is 0 Å². The molecule has 0 aromatic rings. The summed E-state index contributed by atoms with van der Waals surface area (Å²) in [6.07, 6.45) is 8.35. The van der Waals surface area contributed by atoms with Crippen molar-refractivity contribution < 1.29 is 14.3 Å². The molecule has 23 heavy (non-hydrogen) atoms. The summed E-state index contributed by atoms with van der Waals surface area (Å²) in [5, 5.41) is 3.23. The maximum absolute atomic E-state index is 12.9. The fourth-order valence-corrected chi connectivity index (χ4v) is 4.33. The van der Waals surface area contributed by atoms with Crippen LogP contribution in [0.5, 0.6) is 0 Å². The number of carbonyl (C=O) groups is 2. The Morgan fingerprint density at radius 2 is 1.96 bits per heavy atom. The third kappa shape index (κ3) is 4.69. The Hall–Kier alpha value is -1.10. The number of ether oxygens (including phenoxy) is 1. The molecule has 2 fully saturated rings. The fourth-order valence-electron chi connectivity index (χ4n) is 4.33. The van der Waals surface area contributed by atoms with E-state index < -0.39 is 0 Å². The Balaban J connectivity index is 1.94. The number of rotatable bonds is 6. The van der Waals surface area contributed by atoms with Crippen LogP contribution in [0.1, 0.15) is 71.6 Å². The van der Waals surface area contributed by atoms with Crippen molar-refractivity contribution in [1.82, 2.24) is 5.32 Å². The van der Waals surface area contributed by atoms with Gasteiger partial charge in [0.15, 0.2) is 0 Å². The van der Waals surface area contributed by atoms with Gasteiger partial charge in [-0.2, -0.15) is 0 Å². The first-order valence-corrected chi connectivity index (χ1v) is 9.20. The first-order valence-electron chi connectivity index (χ1n) is 9.20. The summed E-state index contributed by atoms with van der Waals surface area (Å²) in [6.45, 7) is 4.23. The van der Waals surface area contributed by atoms with Gasteiger partial charge in [-0.25, -0.2) is 0 Å². The Morgan fingerprint density at radius 3 is 2.57 bits per heavy atom. The molecule has 2 aliphatic carbocycles. The van der Waals surface area contributed by atoms with E-state index in [1.165, 1.54) is 0 Å². The lowest BCUT2D eigenvalue weighted by molar-refractivity contribution is -0.150. The molecule has 2 saturated carbocycles. The SMILES string of the molecule is CCOC(=O)C1CCCC(NC(=O)C2(CC(C)N)CCCC2)C1. The molecule has 2 rings (SSSR count). The molecule has 3 N–H and O–H groups in total. The Bertz CT molecular complexity index is 416. The minimum absolute atomic E-state index is 0.0393. The second kappa shape index (κ2) is 8.13. The maximum atomic E-state index is 12.9. The van der Waals surface area contributed by atoms with Gasteiger partial charge in [-0.3, -0.25) is 9.59 Å². The summed E-state index contributed by atoms with van der Waals surface area (Å²) in [6, 6.07) is 0.133. The van der Waals surface area contributed by atoms with E-state index in [0.717, 1.165) is 51.4 Å². The van der Waals surface area contributed by atoms with E-state index in [2.05, 4.69) is 5.32 Å². The van der Waals surface area contributed by atoms with Crippen molar-refractivity contribution in [1.29, 1.82) is 0 Å².